The zero-order valence-corrected chi connectivity index (χ0v) is 21.9. The first-order valence-corrected chi connectivity index (χ1v) is 16.6. The van der Waals surface area contributed by atoms with Crippen molar-refractivity contribution in [3.8, 4) is 0 Å². The first-order chi connectivity index (χ1) is 16.6. The summed E-state index contributed by atoms with van der Waals surface area (Å²) in [6.07, 6.45) is 0. The number of aromatic nitrogens is 1. The molecular weight excluding hydrogens is 488 g/mol. The summed E-state index contributed by atoms with van der Waals surface area (Å²) in [6, 6.07) is 43.2. The van der Waals surface area contributed by atoms with Crippen LogP contribution in [0.4, 0.5) is 0 Å². The zero-order chi connectivity index (χ0) is 23.4. The molecule has 0 aliphatic heterocycles. The Bertz CT molecular complexity index is 1290. The third-order valence-electron chi connectivity index (χ3n) is 5.84. The lowest BCUT2D eigenvalue weighted by molar-refractivity contribution is 1.46. The second-order valence-electron chi connectivity index (χ2n) is 7.91. The van der Waals surface area contributed by atoms with Crippen LogP contribution in [-0.4, -0.2) is 4.98 Å². The minimum Gasteiger partial charge on any atom is -0.245 e. The van der Waals surface area contributed by atoms with Gasteiger partial charge >= 0.3 is 0 Å². The Hall–Kier alpha value is -2.67. The minimum absolute atomic E-state index is 0.929. The molecule has 1 heterocycles. The van der Waals surface area contributed by atoms with Gasteiger partial charge in [-0.15, -0.1) is 0 Å². The average molecular weight is 512 g/mol. The normalized spacial score (nSPS) is 11.8. The first-order valence-electron chi connectivity index (χ1n) is 11.0. The number of benzene rings is 4. The fourth-order valence-corrected chi connectivity index (χ4v) is 11.4. The van der Waals surface area contributed by atoms with Crippen LogP contribution in [0.15, 0.2) is 140 Å². The van der Waals surface area contributed by atoms with Gasteiger partial charge in [0, 0.05) is 0 Å². The molecule has 0 fully saturated rings. The summed E-state index contributed by atoms with van der Waals surface area (Å²) in [5, 5.41) is 4.53. The van der Waals surface area contributed by atoms with E-state index < -0.39 is 12.1 Å². The molecule has 0 saturated heterocycles. The minimum atomic E-state index is -2.36. The highest BCUT2D eigenvalue weighted by Gasteiger charge is 2.30. The molecule has 0 amide bonds. The maximum Gasteiger partial charge on any atom is 0.0823 e. The van der Waals surface area contributed by atoms with Crippen molar-refractivity contribution in [2.45, 2.75) is 0 Å². The molecule has 1 nitrogen and oxygen atoms in total. The molecule has 4 aromatic carbocycles. The number of hydrogen-bond donors (Lipinski definition) is 0. The standard InChI is InChI=1S/C29H23NP2S2/c33-31(24-14-5-1-6-15-24,25-16-7-2-8-17-25)28-22-13-23-29(30-28)32(34,26-18-9-3-10-19-26)27-20-11-4-12-21-27/h1-23H. The van der Waals surface area contributed by atoms with E-state index in [0.717, 1.165) is 32.1 Å². The molecule has 0 radical (unpaired) electrons. The molecule has 0 N–H and O–H groups in total. The smallest absolute Gasteiger partial charge is 0.0823 e. The van der Waals surface area contributed by atoms with Crippen LogP contribution in [0.5, 0.6) is 0 Å². The van der Waals surface area contributed by atoms with Crippen LogP contribution in [-0.2, 0) is 23.6 Å². The van der Waals surface area contributed by atoms with Gasteiger partial charge in [-0.1, -0.05) is 151 Å². The highest BCUT2D eigenvalue weighted by atomic mass is 32.4. The van der Waals surface area contributed by atoms with Gasteiger partial charge in [0.1, 0.15) is 0 Å². The van der Waals surface area contributed by atoms with Crippen LogP contribution >= 0.6 is 12.1 Å². The predicted molar refractivity (Wildman–Crippen MR) is 156 cm³/mol. The second-order valence-corrected chi connectivity index (χ2v) is 16.6. The molecule has 166 valence electrons. The third kappa shape index (κ3) is 4.15. The lowest BCUT2D eigenvalue weighted by atomic mass is 10.4. The molecule has 0 atom stereocenters. The van der Waals surface area contributed by atoms with Crippen LogP contribution in [0.2, 0.25) is 0 Å². The van der Waals surface area contributed by atoms with Crippen LogP contribution in [0.25, 0.3) is 0 Å². The lowest BCUT2D eigenvalue weighted by Gasteiger charge is -2.27. The average Bonchev–Trinajstić information content (AvgIpc) is 2.94. The summed E-state index contributed by atoms with van der Waals surface area (Å²) in [5.74, 6) is 0. The summed E-state index contributed by atoms with van der Waals surface area (Å²) in [5.41, 5.74) is 1.86. The Kier molecular flexibility index (Phi) is 6.73. The molecule has 5 aromatic rings. The molecular formula is C29H23NP2S2. The monoisotopic (exact) mass is 511 g/mol. The van der Waals surface area contributed by atoms with E-state index in [4.69, 9.17) is 28.6 Å². The topological polar surface area (TPSA) is 12.9 Å². The van der Waals surface area contributed by atoms with Crippen molar-refractivity contribution in [1.29, 1.82) is 0 Å². The van der Waals surface area contributed by atoms with E-state index >= 15 is 0 Å². The van der Waals surface area contributed by atoms with Crippen LogP contribution in [0.1, 0.15) is 0 Å². The predicted octanol–water partition coefficient (Wildman–Crippen LogP) is 4.59. The number of nitrogens with zero attached hydrogens (tertiary/aromatic N) is 1. The Labute approximate surface area is 211 Å². The van der Waals surface area contributed by atoms with E-state index in [1.165, 1.54) is 0 Å². The molecule has 34 heavy (non-hydrogen) atoms. The van der Waals surface area contributed by atoms with E-state index in [1.807, 2.05) is 24.3 Å². The Morgan fingerprint density at radius 1 is 0.353 bits per heavy atom. The van der Waals surface area contributed by atoms with Crippen molar-refractivity contribution in [2.24, 2.45) is 0 Å². The number of rotatable bonds is 6. The van der Waals surface area contributed by atoms with Gasteiger partial charge in [0.2, 0.25) is 0 Å². The first kappa shape index (κ1) is 23.1. The summed E-state index contributed by atoms with van der Waals surface area (Å²) >= 11 is 13.1. The fraction of sp³-hybridized carbons (Fsp3) is 0. The van der Waals surface area contributed by atoms with Crippen LogP contribution in [0.3, 0.4) is 0 Å². The van der Waals surface area contributed by atoms with E-state index in [-0.39, 0.29) is 0 Å². The van der Waals surface area contributed by atoms with Crippen molar-refractivity contribution >= 4 is 67.8 Å². The Balaban J connectivity index is 1.76. The van der Waals surface area contributed by atoms with Gasteiger partial charge in [-0.3, -0.25) is 0 Å². The lowest BCUT2D eigenvalue weighted by Crippen LogP contribution is -2.33. The van der Waals surface area contributed by atoms with Crippen molar-refractivity contribution in [2.75, 3.05) is 0 Å². The maximum atomic E-state index is 6.54. The summed E-state index contributed by atoms with van der Waals surface area (Å²) in [7, 11) is 0. The SMILES string of the molecule is S=P(c1ccccc1)(c1ccccc1)c1cccc(P(=S)(c2ccccc2)c2ccccc2)n1. The van der Waals surface area contributed by atoms with E-state index in [2.05, 4.69) is 115 Å². The van der Waals surface area contributed by atoms with Gasteiger partial charge in [0.05, 0.1) is 22.9 Å². The van der Waals surface area contributed by atoms with Crippen molar-refractivity contribution in [3.63, 3.8) is 0 Å². The number of pyridine rings is 1. The van der Waals surface area contributed by atoms with Gasteiger partial charge in [-0.2, -0.15) is 0 Å². The summed E-state index contributed by atoms with van der Waals surface area (Å²) in [6.45, 7) is 0. The van der Waals surface area contributed by atoms with Gasteiger partial charge in [0.25, 0.3) is 0 Å². The van der Waals surface area contributed by atoms with Crippen molar-refractivity contribution < 1.29 is 0 Å². The third-order valence-corrected chi connectivity index (χ3v) is 15.4. The zero-order valence-electron chi connectivity index (χ0n) is 18.4. The highest BCUT2D eigenvalue weighted by molar-refractivity contribution is 8.26. The van der Waals surface area contributed by atoms with E-state index in [0.29, 0.717) is 0 Å². The molecule has 5 rings (SSSR count). The van der Waals surface area contributed by atoms with Gasteiger partial charge in [-0.25, -0.2) is 4.98 Å². The molecule has 0 aliphatic carbocycles. The van der Waals surface area contributed by atoms with E-state index in [1.54, 1.807) is 0 Å². The molecule has 1 aromatic heterocycles. The highest BCUT2D eigenvalue weighted by Crippen LogP contribution is 2.44. The van der Waals surface area contributed by atoms with Crippen LogP contribution < -0.4 is 32.1 Å². The second kappa shape index (κ2) is 9.90. The Morgan fingerprint density at radius 2 is 0.618 bits per heavy atom. The summed E-state index contributed by atoms with van der Waals surface area (Å²) in [4.78, 5) is 5.31. The molecule has 0 unspecified atom stereocenters. The van der Waals surface area contributed by atoms with Crippen molar-refractivity contribution in [1.82, 2.24) is 4.98 Å². The van der Waals surface area contributed by atoms with Gasteiger partial charge in [-0.05, 0) is 33.4 Å². The Morgan fingerprint density at radius 3 is 0.882 bits per heavy atom. The van der Waals surface area contributed by atoms with Gasteiger partial charge in [0.15, 0.2) is 0 Å². The van der Waals surface area contributed by atoms with Crippen LogP contribution in [0, 0.1) is 0 Å². The van der Waals surface area contributed by atoms with Crippen molar-refractivity contribution in [3.05, 3.63) is 140 Å². The molecule has 5 heteroatoms. The van der Waals surface area contributed by atoms with E-state index in [9.17, 15) is 0 Å². The quantitative estimate of drug-likeness (QED) is 0.310. The molecule has 0 aliphatic rings. The molecule has 0 spiro atoms. The fourth-order valence-electron chi connectivity index (χ4n) is 4.14. The largest absolute Gasteiger partial charge is 0.245 e. The molecule has 0 saturated carbocycles. The summed E-state index contributed by atoms with van der Waals surface area (Å²) < 4.78 is 0. The number of hydrogen-bond acceptors (Lipinski definition) is 3. The van der Waals surface area contributed by atoms with Gasteiger partial charge < -0.3 is 0 Å². The molecule has 0 bridgehead atoms. The maximum absolute atomic E-state index is 6.54.